The Morgan fingerprint density at radius 1 is 1.53 bits per heavy atom. The molecule has 0 saturated carbocycles. The van der Waals surface area contributed by atoms with Crippen LogP contribution in [0.1, 0.15) is 10.5 Å². The average molecular weight is 343 g/mol. The van der Waals surface area contributed by atoms with Gasteiger partial charge in [-0.15, -0.1) is 0 Å². The van der Waals surface area contributed by atoms with Gasteiger partial charge in [-0.3, -0.25) is 9.89 Å². The standard InChI is InChI=1S/C11H10IN3O2/c1-17-8-4-2-3-7(5-8)14-11(16)10-9(12)6-13-15-10/h2-6H,1H3,(H,13,15)(H,14,16). The molecule has 1 amide bonds. The fourth-order valence-corrected chi connectivity index (χ4v) is 1.83. The van der Waals surface area contributed by atoms with E-state index in [0.29, 0.717) is 17.1 Å². The van der Waals surface area contributed by atoms with Crippen molar-refractivity contribution in [3.05, 3.63) is 39.7 Å². The summed E-state index contributed by atoms with van der Waals surface area (Å²) in [5, 5.41) is 9.22. The van der Waals surface area contributed by atoms with Crippen molar-refractivity contribution in [1.82, 2.24) is 10.2 Å². The number of anilines is 1. The first-order valence-corrected chi connectivity index (χ1v) is 5.93. The van der Waals surface area contributed by atoms with Gasteiger partial charge in [-0.2, -0.15) is 5.10 Å². The van der Waals surface area contributed by atoms with Gasteiger partial charge in [0.1, 0.15) is 11.4 Å². The summed E-state index contributed by atoms with van der Waals surface area (Å²) in [6, 6.07) is 7.17. The number of methoxy groups -OCH3 is 1. The Labute approximate surface area is 112 Å². The summed E-state index contributed by atoms with van der Waals surface area (Å²) in [4.78, 5) is 11.9. The quantitative estimate of drug-likeness (QED) is 0.841. The highest BCUT2D eigenvalue weighted by atomic mass is 127. The first-order valence-electron chi connectivity index (χ1n) is 4.85. The van der Waals surface area contributed by atoms with Crippen molar-refractivity contribution in [3.8, 4) is 5.75 Å². The lowest BCUT2D eigenvalue weighted by Gasteiger charge is -2.05. The molecule has 2 aromatic rings. The molecule has 88 valence electrons. The van der Waals surface area contributed by atoms with Crippen molar-refractivity contribution < 1.29 is 9.53 Å². The van der Waals surface area contributed by atoms with Crippen molar-refractivity contribution in [3.63, 3.8) is 0 Å². The maximum Gasteiger partial charge on any atom is 0.274 e. The van der Waals surface area contributed by atoms with Crippen molar-refractivity contribution in [2.24, 2.45) is 0 Å². The molecule has 0 unspecified atom stereocenters. The summed E-state index contributed by atoms with van der Waals surface area (Å²) in [6.45, 7) is 0. The van der Waals surface area contributed by atoms with Gasteiger partial charge in [-0.25, -0.2) is 0 Å². The molecule has 0 aliphatic carbocycles. The molecule has 0 saturated heterocycles. The first-order chi connectivity index (χ1) is 8.20. The number of carbonyl (C=O) groups is 1. The molecular weight excluding hydrogens is 333 g/mol. The number of hydrogen-bond donors (Lipinski definition) is 2. The molecule has 0 atom stereocenters. The van der Waals surface area contributed by atoms with Crippen LogP contribution in [0.3, 0.4) is 0 Å². The summed E-state index contributed by atoms with van der Waals surface area (Å²) in [7, 11) is 1.58. The molecule has 2 N–H and O–H groups in total. The fraction of sp³-hybridized carbons (Fsp3) is 0.0909. The van der Waals surface area contributed by atoms with Crippen LogP contribution in [0.5, 0.6) is 5.75 Å². The van der Waals surface area contributed by atoms with E-state index in [1.165, 1.54) is 0 Å². The molecular formula is C11H10IN3O2. The molecule has 0 fully saturated rings. The summed E-state index contributed by atoms with van der Waals surface area (Å²) in [6.07, 6.45) is 1.60. The topological polar surface area (TPSA) is 67.0 Å². The Morgan fingerprint density at radius 2 is 2.35 bits per heavy atom. The molecule has 0 aliphatic heterocycles. The Morgan fingerprint density at radius 3 is 3.00 bits per heavy atom. The van der Waals surface area contributed by atoms with E-state index >= 15 is 0 Å². The number of carbonyl (C=O) groups excluding carboxylic acids is 1. The van der Waals surface area contributed by atoms with E-state index < -0.39 is 0 Å². The third kappa shape index (κ3) is 2.76. The summed E-state index contributed by atoms with van der Waals surface area (Å²) < 4.78 is 5.86. The summed E-state index contributed by atoms with van der Waals surface area (Å²) >= 11 is 2.05. The average Bonchev–Trinajstić information content (AvgIpc) is 2.76. The molecule has 17 heavy (non-hydrogen) atoms. The summed E-state index contributed by atoms with van der Waals surface area (Å²) in [5.74, 6) is 0.474. The van der Waals surface area contributed by atoms with E-state index in [1.54, 1.807) is 25.4 Å². The van der Waals surface area contributed by atoms with Gasteiger partial charge in [0, 0.05) is 11.8 Å². The van der Waals surface area contributed by atoms with E-state index in [9.17, 15) is 4.79 Å². The van der Waals surface area contributed by atoms with Crippen molar-refractivity contribution in [1.29, 1.82) is 0 Å². The maximum atomic E-state index is 11.9. The van der Waals surface area contributed by atoms with Gasteiger partial charge in [0.15, 0.2) is 0 Å². The van der Waals surface area contributed by atoms with Gasteiger partial charge in [0.2, 0.25) is 0 Å². The second-order valence-electron chi connectivity index (χ2n) is 3.28. The van der Waals surface area contributed by atoms with Crippen LogP contribution in [0.15, 0.2) is 30.5 Å². The molecule has 1 aromatic carbocycles. The third-order valence-electron chi connectivity index (χ3n) is 2.15. The van der Waals surface area contributed by atoms with Gasteiger partial charge in [0.25, 0.3) is 5.91 Å². The number of H-pyrrole nitrogens is 1. The van der Waals surface area contributed by atoms with Crippen LogP contribution >= 0.6 is 22.6 Å². The van der Waals surface area contributed by atoms with E-state index in [0.717, 1.165) is 3.57 Å². The van der Waals surface area contributed by atoms with Gasteiger partial charge >= 0.3 is 0 Å². The number of aromatic amines is 1. The number of nitrogens with one attached hydrogen (secondary N) is 2. The maximum absolute atomic E-state index is 11.9. The molecule has 5 nitrogen and oxygen atoms in total. The molecule has 0 bridgehead atoms. The van der Waals surface area contributed by atoms with Crippen LogP contribution in [-0.2, 0) is 0 Å². The second kappa shape index (κ2) is 5.17. The highest BCUT2D eigenvalue weighted by Crippen LogP contribution is 2.18. The third-order valence-corrected chi connectivity index (χ3v) is 2.97. The van der Waals surface area contributed by atoms with Crippen LogP contribution < -0.4 is 10.1 Å². The smallest absolute Gasteiger partial charge is 0.274 e. The molecule has 2 rings (SSSR count). The zero-order valence-corrected chi connectivity index (χ0v) is 11.2. The van der Waals surface area contributed by atoms with Crippen LogP contribution in [-0.4, -0.2) is 23.2 Å². The number of aromatic nitrogens is 2. The molecule has 0 aliphatic rings. The van der Waals surface area contributed by atoms with Crippen molar-refractivity contribution >= 4 is 34.2 Å². The lowest BCUT2D eigenvalue weighted by molar-refractivity contribution is 0.102. The van der Waals surface area contributed by atoms with E-state index in [2.05, 4.69) is 15.5 Å². The minimum Gasteiger partial charge on any atom is -0.497 e. The monoisotopic (exact) mass is 343 g/mol. The van der Waals surface area contributed by atoms with E-state index in [4.69, 9.17) is 4.74 Å². The minimum atomic E-state index is -0.222. The largest absolute Gasteiger partial charge is 0.497 e. The normalized spacial score (nSPS) is 10.0. The molecule has 0 spiro atoms. The van der Waals surface area contributed by atoms with Gasteiger partial charge in [-0.05, 0) is 34.7 Å². The van der Waals surface area contributed by atoms with Gasteiger partial charge in [-0.1, -0.05) is 6.07 Å². The molecule has 0 radical (unpaired) electrons. The van der Waals surface area contributed by atoms with Gasteiger partial charge < -0.3 is 10.1 Å². The first kappa shape index (κ1) is 11.9. The van der Waals surface area contributed by atoms with Crippen LogP contribution in [0.25, 0.3) is 0 Å². The highest BCUT2D eigenvalue weighted by molar-refractivity contribution is 14.1. The van der Waals surface area contributed by atoms with Crippen molar-refractivity contribution in [2.75, 3.05) is 12.4 Å². The number of amides is 1. The van der Waals surface area contributed by atoms with Crippen LogP contribution in [0.4, 0.5) is 5.69 Å². The second-order valence-corrected chi connectivity index (χ2v) is 4.44. The van der Waals surface area contributed by atoms with E-state index in [-0.39, 0.29) is 5.91 Å². The minimum absolute atomic E-state index is 0.222. The number of halogens is 1. The number of rotatable bonds is 3. The number of ether oxygens (including phenoxy) is 1. The Bertz CT molecular complexity index is 539. The highest BCUT2D eigenvalue weighted by Gasteiger charge is 2.12. The van der Waals surface area contributed by atoms with Crippen LogP contribution in [0, 0.1) is 3.57 Å². The molecule has 6 heteroatoms. The van der Waals surface area contributed by atoms with Gasteiger partial charge in [0.05, 0.1) is 16.9 Å². The predicted molar refractivity (Wildman–Crippen MR) is 72.3 cm³/mol. The van der Waals surface area contributed by atoms with Crippen LogP contribution in [0.2, 0.25) is 0 Å². The predicted octanol–water partition coefficient (Wildman–Crippen LogP) is 2.28. The zero-order valence-electron chi connectivity index (χ0n) is 9.03. The zero-order chi connectivity index (χ0) is 12.3. The SMILES string of the molecule is COc1cccc(NC(=O)c2[nH]ncc2I)c1. The lowest BCUT2D eigenvalue weighted by Crippen LogP contribution is -2.13. The summed E-state index contributed by atoms with van der Waals surface area (Å²) in [5.41, 5.74) is 1.13. The lowest BCUT2D eigenvalue weighted by atomic mass is 10.3. The number of benzene rings is 1. The Balaban J connectivity index is 2.16. The number of nitrogens with zero attached hydrogens (tertiary/aromatic N) is 1. The Hall–Kier alpha value is -1.57. The fourth-order valence-electron chi connectivity index (χ4n) is 1.33. The number of hydrogen-bond acceptors (Lipinski definition) is 3. The van der Waals surface area contributed by atoms with E-state index in [1.807, 2.05) is 34.7 Å². The molecule has 1 aromatic heterocycles. The van der Waals surface area contributed by atoms with Crippen molar-refractivity contribution in [2.45, 2.75) is 0 Å². The molecule has 1 heterocycles. The Kier molecular flexibility index (Phi) is 3.62.